The number of hydrogen-bond donors (Lipinski definition) is 1. The summed E-state index contributed by atoms with van der Waals surface area (Å²) < 4.78 is 56.0. The van der Waals surface area contributed by atoms with Gasteiger partial charge in [0.05, 0.1) is 12.7 Å². The molecule has 2 rings (SSSR count). The lowest BCUT2D eigenvalue weighted by Crippen LogP contribution is -2.06. The molecule has 0 bridgehead atoms. The van der Waals surface area contributed by atoms with Gasteiger partial charge in [-0.3, -0.25) is 0 Å². The average Bonchev–Trinajstić information content (AvgIpc) is 2.46. The van der Waals surface area contributed by atoms with Gasteiger partial charge in [-0.2, -0.15) is 13.2 Å². The van der Waals surface area contributed by atoms with Crippen molar-refractivity contribution >= 4 is 5.69 Å². The number of hydrogen-bond acceptors (Lipinski definition) is 2. The summed E-state index contributed by atoms with van der Waals surface area (Å²) in [6, 6.07) is 9.29. The van der Waals surface area contributed by atoms with Crippen LogP contribution >= 0.6 is 0 Å². The van der Waals surface area contributed by atoms with Crippen LogP contribution in [0.15, 0.2) is 42.5 Å². The molecular weight excluding hydrogens is 286 g/mol. The van der Waals surface area contributed by atoms with Crippen molar-refractivity contribution in [2.24, 2.45) is 0 Å². The number of nitrogens with one attached hydrogen (secondary N) is 1. The van der Waals surface area contributed by atoms with E-state index in [1.54, 1.807) is 12.1 Å². The second kappa shape index (κ2) is 6.03. The minimum Gasteiger partial charge on any atom is -0.494 e. The van der Waals surface area contributed by atoms with Gasteiger partial charge in [0, 0.05) is 17.8 Å². The van der Waals surface area contributed by atoms with Crippen LogP contribution in [0.25, 0.3) is 0 Å². The van der Waals surface area contributed by atoms with E-state index in [0.29, 0.717) is 11.3 Å². The number of methoxy groups -OCH3 is 1. The first-order valence-electron chi connectivity index (χ1n) is 6.14. The molecule has 21 heavy (non-hydrogen) atoms. The standard InChI is InChI=1S/C15H13F4NO/c1-21-13-4-2-3-10(14(13)16)9-20-12-7-5-11(6-8-12)15(17,18)19/h2-8,20H,9H2,1H3. The van der Waals surface area contributed by atoms with Gasteiger partial charge in [-0.05, 0) is 30.3 Å². The zero-order valence-corrected chi connectivity index (χ0v) is 11.2. The van der Waals surface area contributed by atoms with Gasteiger partial charge in [-0.1, -0.05) is 12.1 Å². The first kappa shape index (κ1) is 15.2. The van der Waals surface area contributed by atoms with Crippen LogP contribution in [0.3, 0.4) is 0 Å². The fourth-order valence-corrected chi connectivity index (χ4v) is 1.82. The molecule has 0 aliphatic carbocycles. The van der Waals surface area contributed by atoms with Gasteiger partial charge in [-0.25, -0.2) is 4.39 Å². The summed E-state index contributed by atoms with van der Waals surface area (Å²) >= 11 is 0. The third-order valence-electron chi connectivity index (χ3n) is 2.96. The largest absolute Gasteiger partial charge is 0.494 e. The molecule has 0 saturated heterocycles. The number of halogens is 4. The summed E-state index contributed by atoms with van der Waals surface area (Å²) in [6.07, 6.45) is -4.36. The van der Waals surface area contributed by atoms with Crippen LogP contribution in [0.5, 0.6) is 5.75 Å². The Bertz CT molecular complexity index is 608. The average molecular weight is 299 g/mol. The SMILES string of the molecule is COc1cccc(CNc2ccc(C(F)(F)F)cc2)c1F. The summed E-state index contributed by atoms with van der Waals surface area (Å²) in [4.78, 5) is 0. The van der Waals surface area contributed by atoms with Gasteiger partial charge >= 0.3 is 6.18 Å². The first-order chi connectivity index (χ1) is 9.91. The fourth-order valence-electron chi connectivity index (χ4n) is 1.82. The predicted octanol–water partition coefficient (Wildman–Crippen LogP) is 4.47. The summed E-state index contributed by atoms with van der Waals surface area (Å²) in [7, 11) is 1.37. The van der Waals surface area contributed by atoms with Gasteiger partial charge in [0.2, 0.25) is 0 Å². The Morgan fingerprint density at radius 3 is 2.29 bits per heavy atom. The number of rotatable bonds is 4. The Morgan fingerprint density at radius 2 is 1.71 bits per heavy atom. The Hall–Kier alpha value is -2.24. The molecule has 6 heteroatoms. The molecule has 112 valence electrons. The van der Waals surface area contributed by atoms with E-state index in [-0.39, 0.29) is 12.3 Å². The van der Waals surface area contributed by atoms with Gasteiger partial charge in [0.15, 0.2) is 11.6 Å². The minimum atomic E-state index is -4.36. The zero-order valence-electron chi connectivity index (χ0n) is 11.2. The Kier molecular flexibility index (Phi) is 4.35. The lowest BCUT2D eigenvalue weighted by Gasteiger charge is -2.11. The van der Waals surface area contributed by atoms with Crippen molar-refractivity contribution in [2.45, 2.75) is 12.7 Å². The first-order valence-corrected chi connectivity index (χ1v) is 6.14. The summed E-state index contributed by atoms with van der Waals surface area (Å²) in [5, 5.41) is 2.87. The van der Waals surface area contributed by atoms with Crippen LogP contribution in [-0.2, 0) is 12.7 Å². The van der Waals surface area contributed by atoms with Crippen LogP contribution < -0.4 is 10.1 Å². The van der Waals surface area contributed by atoms with E-state index in [2.05, 4.69) is 5.32 Å². The molecule has 0 radical (unpaired) electrons. The molecule has 0 aliphatic rings. The van der Waals surface area contributed by atoms with Gasteiger partial charge in [0.1, 0.15) is 0 Å². The van der Waals surface area contributed by atoms with Crippen LogP contribution in [0.2, 0.25) is 0 Å². The maximum Gasteiger partial charge on any atom is 0.416 e. The summed E-state index contributed by atoms with van der Waals surface area (Å²) in [6.45, 7) is 0.147. The molecule has 0 spiro atoms. The van der Waals surface area contributed by atoms with Crippen molar-refractivity contribution in [1.29, 1.82) is 0 Å². The molecule has 0 fully saturated rings. The molecule has 0 unspecified atom stereocenters. The molecule has 0 aliphatic heterocycles. The molecule has 2 aromatic rings. The highest BCUT2D eigenvalue weighted by atomic mass is 19.4. The highest BCUT2D eigenvalue weighted by Gasteiger charge is 2.29. The molecule has 0 aromatic heterocycles. The summed E-state index contributed by atoms with van der Waals surface area (Å²) in [5.41, 5.74) is 0.125. The van der Waals surface area contributed by atoms with Crippen molar-refractivity contribution in [2.75, 3.05) is 12.4 Å². The predicted molar refractivity (Wildman–Crippen MR) is 71.7 cm³/mol. The molecule has 2 nitrogen and oxygen atoms in total. The lowest BCUT2D eigenvalue weighted by atomic mass is 10.1. The second-order valence-corrected chi connectivity index (χ2v) is 4.36. The van der Waals surface area contributed by atoms with E-state index in [9.17, 15) is 17.6 Å². The van der Waals surface area contributed by atoms with Crippen LogP contribution in [0.1, 0.15) is 11.1 Å². The highest BCUT2D eigenvalue weighted by molar-refractivity contribution is 5.46. The number of alkyl halides is 3. The quantitative estimate of drug-likeness (QED) is 0.841. The van der Waals surface area contributed by atoms with Crippen molar-refractivity contribution in [3.8, 4) is 5.75 Å². The Balaban J connectivity index is 2.07. The van der Waals surface area contributed by atoms with E-state index in [1.807, 2.05) is 0 Å². The molecule has 0 saturated carbocycles. The second-order valence-electron chi connectivity index (χ2n) is 4.36. The van der Waals surface area contributed by atoms with Crippen molar-refractivity contribution < 1.29 is 22.3 Å². The third kappa shape index (κ3) is 3.65. The van der Waals surface area contributed by atoms with Crippen molar-refractivity contribution in [3.05, 3.63) is 59.4 Å². The Morgan fingerprint density at radius 1 is 1.05 bits per heavy atom. The molecule has 0 heterocycles. The normalized spacial score (nSPS) is 11.3. The number of anilines is 1. The monoisotopic (exact) mass is 299 g/mol. The molecule has 1 N–H and O–H groups in total. The maximum absolute atomic E-state index is 13.9. The fraction of sp³-hybridized carbons (Fsp3) is 0.200. The maximum atomic E-state index is 13.9. The van der Waals surface area contributed by atoms with E-state index in [0.717, 1.165) is 12.1 Å². The van der Waals surface area contributed by atoms with Crippen LogP contribution in [0.4, 0.5) is 23.2 Å². The zero-order chi connectivity index (χ0) is 15.5. The van der Waals surface area contributed by atoms with Gasteiger partial charge in [-0.15, -0.1) is 0 Å². The lowest BCUT2D eigenvalue weighted by molar-refractivity contribution is -0.137. The minimum absolute atomic E-state index is 0.127. The molecular formula is C15H13F4NO. The van der Waals surface area contributed by atoms with Crippen molar-refractivity contribution in [3.63, 3.8) is 0 Å². The van der Waals surface area contributed by atoms with Crippen LogP contribution in [0, 0.1) is 5.82 Å². The Labute approximate surface area is 119 Å². The molecule has 0 atom stereocenters. The van der Waals surface area contributed by atoms with E-state index < -0.39 is 17.6 Å². The summed E-state index contributed by atoms with van der Waals surface area (Å²) in [5.74, 6) is -0.360. The highest BCUT2D eigenvalue weighted by Crippen LogP contribution is 2.30. The van der Waals surface area contributed by atoms with E-state index in [4.69, 9.17) is 4.74 Å². The van der Waals surface area contributed by atoms with Crippen LogP contribution in [-0.4, -0.2) is 7.11 Å². The molecule has 0 amide bonds. The third-order valence-corrected chi connectivity index (χ3v) is 2.96. The number of ether oxygens (including phenoxy) is 1. The van der Waals surface area contributed by atoms with E-state index in [1.165, 1.54) is 25.3 Å². The topological polar surface area (TPSA) is 21.3 Å². The smallest absolute Gasteiger partial charge is 0.416 e. The van der Waals surface area contributed by atoms with E-state index >= 15 is 0 Å². The number of benzene rings is 2. The van der Waals surface area contributed by atoms with Crippen molar-refractivity contribution in [1.82, 2.24) is 0 Å². The van der Waals surface area contributed by atoms with Gasteiger partial charge < -0.3 is 10.1 Å². The van der Waals surface area contributed by atoms with Gasteiger partial charge in [0.25, 0.3) is 0 Å². The molecule has 2 aromatic carbocycles.